The van der Waals surface area contributed by atoms with E-state index in [1.165, 1.54) is 12.4 Å². The molecule has 476 valence electrons. The van der Waals surface area contributed by atoms with Crippen molar-refractivity contribution < 1.29 is 38.2 Å². The van der Waals surface area contributed by atoms with E-state index in [1.807, 2.05) is 77.9 Å². The Labute approximate surface area is 528 Å². The number of esters is 2. The Balaban J connectivity index is 0.000000217. The smallest absolute Gasteiger partial charge is 0.306 e. The van der Waals surface area contributed by atoms with Gasteiger partial charge in [-0.1, -0.05) is 0 Å². The van der Waals surface area contributed by atoms with Gasteiger partial charge in [-0.15, -0.1) is 0 Å². The van der Waals surface area contributed by atoms with Gasteiger partial charge in [0.15, 0.2) is 0 Å². The lowest BCUT2D eigenvalue weighted by Gasteiger charge is -2.31. The number of nitrogens with one attached hydrogen (secondary N) is 4. The molecule has 6 heterocycles. The van der Waals surface area contributed by atoms with Gasteiger partial charge in [0.1, 0.15) is 34.9 Å². The highest BCUT2D eigenvalue weighted by molar-refractivity contribution is 6.01. The van der Waals surface area contributed by atoms with Crippen molar-refractivity contribution in [1.29, 1.82) is 10.5 Å². The molecule has 90 heavy (non-hydrogen) atoms. The largest absolute Gasteiger partial charge is 0.460 e. The molecule has 10 rings (SSSR count). The molecule has 0 aliphatic heterocycles. The third-order valence-corrected chi connectivity index (χ3v) is 17.8. The summed E-state index contributed by atoms with van der Waals surface area (Å²) < 4.78 is 14.6. The van der Waals surface area contributed by atoms with E-state index < -0.39 is 11.2 Å². The minimum atomic E-state index is -0.497. The molecule has 4 saturated carbocycles. The minimum absolute atomic E-state index is 0.00584. The maximum atomic E-state index is 13.8. The topological polar surface area (TPSA) is 277 Å². The summed E-state index contributed by atoms with van der Waals surface area (Å²) in [6.45, 7) is 14.6. The number of anilines is 2. The molecule has 0 aromatic carbocycles. The number of Topliss-reactive ketones (excluding diaryl/α,β-unsaturated/α-hetero) is 2. The molecular weight excluding hydrogens is 1140 g/mol. The zero-order valence-electron chi connectivity index (χ0n) is 53.5. The Morgan fingerprint density at radius 2 is 0.811 bits per heavy atom. The van der Waals surface area contributed by atoms with E-state index in [4.69, 9.17) is 14.5 Å². The van der Waals surface area contributed by atoms with Crippen LogP contribution in [0, 0.1) is 46.3 Å². The summed E-state index contributed by atoms with van der Waals surface area (Å²) in [4.78, 5) is 84.6. The van der Waals surface area contributed by atoms with Gasteiger partial charge in [0, 0.05) is 62.2 Å². The number of aromatic nitrogens is 6. The zero-order valence-corrected chi connectivity index (χ0v) is 53.5. The SMILES string of the molecule is CC(=O)CC1CCC(NC(=O)c2cnc(-c3ccc4cc(C#N)cnn34)cc2NC2CCC(CC(C)=O)CC2)CC1.CC(C)(C)OC(=O)CC1CCC(NC(=O)c2cnc(-c3ccc4cc(C#N)cnn34)cc2NC2CCC(CC(=O)OC(C)(C)C)CC2)CC1. The first kappa shape index (κ1) is 65.9. The van der Waals surface area contributed by atoms with Crippen molar-refractivity contribution in [3.63, 3.8) is 0 Å². The number of rotatable bonds is 18. The van der Waals surface area contributed by atoms with Crippen LogP contribution >= 0.6 is 0 Å². The van der Waals surface area contributed by atoms with Gasteiger partial charge in [0.2, 0.25) is 0 Å². The van der Waals surface area contributed by atoms with E-state index in [-0.39, 0.29) is 71.3 Å². The number of hydrogen-bond acceptors (Lipinski definition) is 16. The molecule has 20 nitrogen and oxygen atoms in total. The number of pyridine rings is 2. The van der Waals surface area contributed by atoms with Crippen LogP contribution in [0.5, 0.6) is 0 Å². The van der Waals surface area contributed by atoms with E-state index in [0.29, 0.717) is 76.8 Å². The Morgan fingerprint density at radius 1 is 0.478 bits per heavy atom. The number of fused-ring (bicyclic) bond motifs is 2. The van der Waals surface area contributed by atoms with Crippen LogP contribution in [-0.4, -0.2) is 99.9 Å². The number of hydrogen-bond donors (Lipinski definition) is 4. The fourth-order valence-corrected chi connectivity index (χ4v) is 13.4. The van der Waals surface area contributed by atoms with Crippen molar-refractivity contribution >= 4 is 57.7 Å². The Kier molecular flexibility index (Phi) is 21.5. The second-order valence-electron chi connectivity index (χ2n) is 27.6. The Hall–Kier alpha value is -8.52. The summed E-state index contributed by atoms with van der Waals surface area (Å²) >= 11 is 0. The van der Waals surface area contributed by atoms with Crippen LogP contribution in [0.3, 0.4) is 0 Å². The fraction of sp³-hybridized carbons (Fsp3) is 0.543. The van der Waals surface area contributed by atoms with Crippen molar-refractivity contribution in [2.24, 2.45) is 23.7 Å². The van der Waals surface area contributed by atoms with Gasteiger partial charge in [-0.05, 0) is 230 Å². The summed E-state index contributed by atoms with van der Waals surface area (Å²) in [5, 5.41) is 41.2. The Morgan fingerprint density at radius 3 is 1.13 bits per heavy atom. The number of carbonyl (C=O) groups excluding carboxylic acids is 6. The molecule has 0 radical (unpaired) electrons. The quantitative estimate of drug-likeness (QED) is 0.0582. The van der Waals surface area contributed by atoms with E-state index >= 15 is 0 Å². The van der Waals surface area contributed by atoms with Gasteiger partial charge in [0.25, 0.3) is 11.8 Å². The summed E-state index contributed by atoms with van der Waals surface area (Å²) in [5.74, 6) is 1.16. The Bertz CT molecular complexity index is 3640. The van der Waals surface area contributed by atoms with Gasteiger partial charge < -0.3 is 40.3 Å². The molecule has 0 saturated heterocycles. The molecule has 0 unspecified atom stereocenters. The minimum Gasteiger partial charge on any atom is -0.460 e. The molecule has 4 aliphatic rings. The number of nitriles is 2. The van der Waals surface area contributed by atoms with E-state index in [9.17, 15) is 39.3 Å². The molecule has 4 N–H and O–H groups in total. The molecule has 0 spiro atoms. The molecule has 4 aliphatic carbocycles. The van der Waals surface area contributed by atoms with Gasteiger partial charge in [-0.3, -0.25) is 29.1 Å². The second kappa shape index (κ2) is 29.4. The number of nitrogens with zero attached hydrogens (tertiary/aromatic N) is 8. The molecule has 20 heteroatoms. The zero-order chi connectivity index (χ0) is 64.3. The molecule has 4 fully saturated rings. The van der Waals surface area contributed by atoms with Crippen LogP contribution < -0.4 is 21.3 Å². The second-order valence-corrected chi connectivity index (χ2v) is 27.6. The number of ether oxygens (including phenoxy) is 2. The van der Waals surface area contributed by atoms with Crippen LogP contribution in [0.2, 0.25) is 0 Å². The maximum Gasteiger partial charge on any atom is 0.306 e. The third-order valence-electron chi connectivity index (χ3n) is 17.8. The molecule has 0 atom stereocenters. The number of carbonyl (C=O) groups is 6. The van der Waals surface area contributed by atoms with Crippen molar-refractivity contribution in [3.8, 4) is 34.9 Å². The van der Waals surface area contributed by atoms with Crippen molar-refractivity contribution in [2.45, 2.75) is 219 Å². The van der Waals surface area contributed by atoms with Crippen LogP contribution in [-0.2, 0) is 28.7 Å². The predicted octanol–water partition coefficient (Wildman–Crippen LogP) is 12.5. The lowest BCUT2D eigenvalue weighted by atomic mass is 9.83. The average Bonchev–Trinajstić information content (AvgIpc) is 2.82. The van der Waals surface area contributed by atoms with Crippen LogP contribution in [0.4, 0.5) is 11.4 Å². The average molecular weight is 1230 g/mol. The van der Waals surface area contributed by atoms with Crippen LogP contribution in [0.25, 0.3) is 33.8 Å². The highest BCUT2D eigenvalue weighted by atomic mass is 16.6. The molecule has 2 amide bonds. The fourth-order valence-electron chi connectivity index (χ4n) is 13.4. The molecule has 6 aromatic heterocycles. The summed E-state index contributed by atoms with van der Waals surface area (Å²) in [6.07, 6.45) is 22.6. The van der Waals surface area contributed by atoms with Gasteiger partial charge in [-0.2, -0.15) is 20.7 Å². The van der Waals surface area contributed by atoms with Crippen LogP contribution in [0.15, 0.2) is 73.3 Å². The van der Waals surface area contributed by atoms with Gasteiger partial charge in [0.05, 0.1) is 79.8 Å². The predicted molar refractivity (Wildman–Crippen MR) is 343 cm³/mol. The normalized spacial score (nSPS) is 21.9. The van der Waals surface area contributed by atoms with E-state index in [1.54, 1.807) is 47.4 Å². The highest BCUT2D eigenvalue weighted by Gasteiger charge is 2.32. The first-order valence-electron chi connectivity index (χ1n) is 32.3. The molecule has 6 aromatic rings. The van der Waals surface area contributed by atoms with E-state index in [0.717, 1.165) is 131 Å². The van der Waals surface area contributed by atoms with Gasteiger partial charge in [-0.25, -0.2) is 9.03 Å². The summed E-state index contributed by atoms with van der Waals surface area (Å²) in [7, 11) is 0. The first-order chi connectivity index (χ1) is 42.9. The highest BCUT2D eigenvalue weighted by Crippen LogP contribution is 2.36. The van der Waals surface area contributed by atoms with Gasteiger partial charge >= 0.3 is 11.9 Å². The van der Waals surface area contributed by atoms with Crippen LogP contribution in [0.1, 0.15) is 216 Å². The lowest BCUT2D eigenvalue weighted by Crippen LogP contribution is -2.38. The van der Waals surface area contributed by atoms with Crippen molar-refractivity contribution in [1.82, 2.24) is 39.8 Å². The summed E-state index contributed by atoms with van der Waals surface area (Å²) in [6, 6.07) is 19.6. The van der Waals surface area contributed by atoms with Crippen molar-refractivity contribution in [2.75, 3.05) is 10.6 Å². The monoisotopic (exact) mass is 1220 g/mol. The van der Waals surface area contributed by atoms with Crippen molar-refractivity contribution in [3.05, 3.63) is 95.6 Å². The number of ketones is 2. The molecule has 0 bridgehead atoms. The number of amides is 2. The summed E-state index contributed by atoms with van der Waals surface area (Å²) in [5.41, 5.74) is 6.78. The molecular formula is C70H88N12O8. The first-order valence-corrected chi connectivity index (χ1v) is 32.3. The lowest BCUT2D eigenvalue weighted by molar-refractivity contribution is -0.157. The maximum absolute atomic E-state index is 13.8. The standard InChI is InChI=1S/C38H50N6O5.C32H38N6O3/c1-37(2,3)48-34(45)18-24-7-11-27(12-8-24)42-31-20-32(33-16-15-29-17-26(21-39)22-41-44(29)33)40-23-30(31)36(47)43-28-13-9-25(10-14-28)19-35(46)49-38(4,5)6;1-20(39)13-22-3-7-25(8-4-22)36-29-16-30(31-12-11-27-15-24(17-33)18-35-38(27)31)34-19-28(29)32(41)37-26-9-5-23(6-10-26)14-21(2)40/h15-17,20,22-25,27-28H,7-14,18-19H2,1-6H3,(H,40,42)(H,43,47);11-12,15-16,18-19,22-23,25-26H,3-10,13-14H2,1-2H3,(H,34,36)(H,37,41). The van der Waals surface area contributed by atoms with E-state index in [2.05, 4.69) is 48.6 Å². The third kappa shape index (κ3) is 18.3.